The topological polar surface area (TPSA) is 125 Å². The molecule has 0 saturated heterocycles. The van der Waals surface area contributed by atoms with Crippen LogP contribution < -0.4 is 16.0 Å². The van der Waals surface area contributed by atoms with Crippen LogP contribution in [0.1, 0.15) is 24.9 Å². The molecule has 2 atom stereocenters. The van der Waals surface area contributed by atoms with Crippen molar-refractivity contribution >= 4 is 23.7 Å². The largest absolute Gasteiger partial charge is 0.481 e. The zero-order valence-electron chi connectivity index (χ0n) is 16.8. The minimum Gasteiger partial charge on any atom is -0.481 e. The van der Waals surface area contributed by atoms with Gasteiger partial charge in [-0.3, -0.25) is 14.4 Å². The van der Waals surface area contributed by atoms with E-state index < -0.39 is 53.8 Å². The molecule has 2 unspecified atom stereocenters. The first-order valence-electron chi connectivity index (χ1n) is 9.51. The van der Waals surface area contributed by atoms with E-state index in [1.165, 1.54) is 37.3 Å². The number of aliphatic carboxylic acids is 1. The van der Waals surface area contributed by atoms with E-state index in [4.69, 9.17) is 0 Å². The molecule has 166 valence electrons. The third kappa shape index (κ3) is 5.34. The van der Waals surface area contributed by atoms with E-state index in [1.807, 2.05) is 0 Å². The van der Waals surface area contributed by atoms with Crippen molar-refractivity contribution in [2.24, 2.45) is 0 Å². The summed E-state index contributed by atoms with van der Waals surface area (Å²) in [4.78, 5) is 47.7. The molecule has 3 amide bonds. The SMILES string of the molecule is CC1=CC(=O)C(NC(=O)NC(CC(=O)O)c2cccc(-c3ccc(F)cc3F)c2)C(=O)N1. The van der Waals surface area contributed by atoms with Crippen molar-refractivity contribution in [3.8, 4) is 11.1 Å². The normalized spacial score (nSPS) is 16.6. The summed E-state index contributed by atoms with van der Waals surface area (Å²) in [5.41, 5.74) is 1.12. The summed E-state index contributed by atoms with van der Waals surface area (Å²) in [7, 11) is 0. The summed E-state index contributed by atoms with van der Waals surface area (Å²) in [5, 5.41) is 16.3. The van der Waals surface area contributed by atoms with E-state index in [-0.39, 0.29) is 5.56 Å². The molecule has 0 aliphatic carbocycles. The van der Waals surface area contributed by atoms with Gasteiger partial charge in [-0.1, -0.05) is 18.2 Å². The predicted octanol–water partition coefficient (Wildman–Crippen LogP) is 2.42. The van der Waals surface area contributed by atoms with Gasteiger partial charge in [-0.2, -0.15) is 0 Å². The summed E-state index contributed by atoms with van der Waals surface area (Å²) >= 11 is 0. The summed E-state index contributed by atoms with van der Waals surface area (Å²) < 4.78 is 27.4. The minimum atomic E-state index is -1.45. The summed E-state index contributed by atoms with van der Waals surface area (Å²) in [6.45, 7) is 1.52. The Morgan fingerprint density at radius 1 is 1.16 bits per heavy atom. The van der Waals surface area contributed by atoms with Crippen LogP contribution in [0.15, 0.2) is 54.2 Å². The maximum Gasteiger partial charge on any atom is 0.316 e. The van der Waals surface area contributed by atoms with Crippen molar-refractivity contribution in [3.05, 3.63) is 71.4 Å². The highest BCUT2D eigenvalue weighted by Crippen LogP contribution is 2.27. The molecule has 4 N–H and O–H groups in total. The lowest BCUT2D eigenvalue weighted by atomic mass is 9.97. The summed E-state index contributed by atoms with van der Waals surface area (Å²) in [6.07, 6.45) is 0.647. The van der Waals surface area contributed by atoms with Crippen molar-refractivity contribution in [1.29, 1.82) is 0 Å². The molecule has 1 aliphatic heterocycles. The number of halogens is 2. The lowest BCUT2D eigenvalue weighted by Crippen LogP contribution is -2.55. The average molecular weight is 443 g/mol. The number of carbonyl (C=O) groups excluding carboxylic acids is 3. The van der Waals surface area contributed by atoms with Crippen LogP contribution in [-0.4, -0.2) is 34.8 Å². The molecule has 2 aromatic carbocycles. The number of ketones is 1. The van der Waals surface area contributed by atoms with Gasteiger partial charge in [0.15, 0.2) is 11.8 Å². The van der Waals surface area contributed by atoms with Gasteiger partial charge in [0, 0.05) is 23.4 Å². The fraction of sp³-hybridized carbons (Fsp3) is 0.182. The van der Waals surface area contributed by atoms with Crippen LogP contribution in [0.5, 0.6) is 0 Å². The highest BCUT2D eigenvalue weighted by atomic mass is 19.1. The lowest BCUT2D eigenvalue weighted by molar-refractivity contribution is -0.137. The number of carboxylic acid groups (broad SMARTS) is 1. The number of rotatable bonds is 6. The van der Waals surface area contributed by atoms with Gasteiger partial charge in [0.05, 0.1) is 12.5 Å². The van der Waals surface area contributed by atoms with Gasteiger partial charge in [0.2, 0.25) is 0 Å². The van der Waals surface area contributed by atoms with E-state index in [0.29, 0.717) is 16.8 Å². The predicted molar refractivity (Wildman–Crippen MR) is 109 cm³/mol. The summed E-state index contributed by atoms with van der Waals surface area (Å²) in [5.74, 6) is -4.10. The van der Waals surface area contributed by atoms with E-state index >= 15 is 0 Å². The molecule has 0 aromatic heterocycles. The zero-order valence-corrected chi connectivity index (χ0v) is 16.8. The maximum absolute atomic E-state index is 14.2. The number of carboxylic acids is 1. The molecular formula is C22H19F2N3O5. The minimum absolute atomic E-state index is 0.0957. The van der Waals surface area contributed by atoms with Crippen molar-refractivity contribution < 1.29 is 33.1 Å². The van der Waals surface area contributed by atoms with Crippen LogP contribution in [0.25, 0.3) is 11.1 Å². The van der Waals surface area contributed by atoms with Gasteiger partial charge >= 0.3 is 12.0 Å². The lowest BCUT2D eigenvalue weighted by Gasteiger charge is -2.23. The fourth-order valence-corrected chi connectivity index (χ4v) is 3.27. The van der Waals surface area contributed by atoms with Gasteiger partial charge in [-0.15, -0.1) is 0 Å². The highest BCUT2D eigenvalue weighted by molar-refractivity contribution is 6.15. The van der Waals surface area contributed by atoms with Crippen LogP contribution in [0, 0.1) is 11.6 Å². The molecule has 0 spiro atoms. The number of allylic oxidation sites excluding steroid dienone is 1. The maximum atomic E-state index is 14.2. The second-order valence-electron chi connectivity index (χ2n) is 7.17. The first kappa shape index (κ1) is 22.6. The van der Waals surface area contributed by atoms with Crippen molar-refractivity contribution in [2.45, 2.75) is 25.4 Å². The average Bonchev–Trinajstić information content (AvgIpc) is 2.70. The van der Waals surface area contributed by atoms with Crippen LogP contribution in [-0.2, 0) is 14.4 Å². The van der Waals surface area contributed by atoms with E-state index in [1.54, 1.807) is 6.07 Å². The van der Waals surface area contributed by atoms with Crippen LogP contribution in [0.3, 0.4) is 0 Å². The van der Waals surface area contributed by atoms with E-state index in [2.05, 4.69) is 16.0 Å². The molecular weight excluding hydrogens is 424 g/mol. The quantitative estimate of drug-likeness (QED) is 0.511. The van der Waals surface area contributed by atoms with E-state index in [0.717, 1.165) is 12.1 Å². The number of carbonyl (C=O) groups is 4. The number of urea groups is 1. The van der Waals surface area contributed by atoms with Gasteiger partial charge in [0.1, 0.15) is 11.6 Å². The van der Waals surface area contributed by atoms with Crippen LogP contribution >= 0.6 is 0 Å². The first-order chi connectivity index (χ1) is 15.1. The van der Waals surface area contributed by atoms with Crippen molar-refractivity contribution in [1.82, 2.24) is 16.0 Å². The van der Waals surface area contributed by atoms with E-state index in [9.17, 15) is 33.1 Å². The van der Waals surface area contributed by atoms with Crippen LogP contribution in [0.2, 0.25) is 0 Å². The molecule has 1 heterocycles. The third-order valence-electron chi connectivity index (χ3n) is 4.72. The molecule has 2 aromatic rings. The molecule has 1 aliphatic rings. The molecule has 8 nitrogen and oxygen atoms in total. The molecule has 32 heavy (non-hydrogen) atoms. The van der Waals surface area contributed by atoms with Gasteiger partial charge in [-0.05, 0) is 36.2 Å². The Balaban J connectivity index is 1.82. The Kier molecular flexibility index (Phi) is 6.62. The second-order valence-corrected chi connectivity index (χ2v) is 7.17. The Morgan fingerprint density at radius 3 is 2.56 bits per heavy atom. The highest BCUT2D eigenvalue weighted by Gasteiger charge is 2.31. The molecule has 10 heteroatoms. The standard InChI is InChI=1S/C22H19F2N3O5/c1-11-7-18(28)20(21(31)25-11)27-22(32)26-17(10-19(29)30)13-4-2-3-12(8-13)15-6-5-14(23)9-16(15)24/h2-9,17,20H,10H2,1H3,(H,25,31)(H,29,30)(H2,26,27,32). The Morgan fingerprint density at radius 2 is 1.91 bits per heavy atom. The number of amides is 3. The Hall–Kier alpha value is -4.08. The van der Waals surface area contributed by atoms with Crippen LogP contribution in [0.4, 0.5) is 13.6 Å². The van der Waals surface area contributed by atoms with Gasteiger partial charge in [0.25, 0.3) is 5.91 Å². The van der Waals surface area contributed by atoms with Gasteiger partial charge in [-0.25, -0.2) is 13.6 Å². The monoisotopic (exact) mass is 443 g/mol. The molecule has 0 fully saturated rings. The van der Waals surface area contributed by atoms with Crippen molar-refractivity contribution in [2.75, 3.05) is 0 Å². The molecule has 0 radical (unpaired) electrons. The summed E-state index contributed by atoms with van der Waals surface area (Å²) in [6, 6.07) is 5.70. The number of hydrogen-bond donors (Lipinski definition) is 4. The molecule has 0 bridgehead atoms. The van der Waals surface area contributed by atoms with Crippen molar-refractivity contribution in [3.63, 3.8) is 0 Å². The Labute approximate surface area is 181 Å². The zero-order chi connectivity index (χ0) is 23.4. The third-order valence-corrected chi connectivity index (χ3v) is 4.72. The second kappa shape index (κ2) is 9.38. The fourth-order valence-electron chi connectivity index (χ4n) is 3.27. The molecule has 3 rings (SSSR count). The molecule has 0 saturated carbocycles. The van der Waals surface area contributed by atoms with Gasteiger partial charge < -0.3 is 21.1 Å². The number of nitrogens with one attached hydrogen (secondary N) is 3. The number of benzene rings is 2. The smallest absolute Gasteiger partial charge is 0.316 e. The number of hydrogen-bond acceptors (Lipinski definition) is 4. The first-order valence-corrected chi connectivity index (χ1v) is 9.51. The Bertz CT molecular complexity index is 1130.